The molecule has 0 saturated heterocycles. The van der Waals surface area contributed by atoms with E-state index in [0.717, 1.165) is 16.7 Å². The van der Waals surface area contributed by atoms with Crippen LogP contribution in [0.1, 0.15) is 0 Å². The first-order chi connectivity index (χ1) is 7.36. The standard InChI is InChI=1S/C12H11N2P/c15-12-9-5-4-8-11(12)14-13-10-6-2-1-3-7-10/h1-9H,15H2. The molecule has 3 heteroatoms. The fourth-order valence-corrected chi connectivity index (χ4v) is 1.45. The highest BCUT2D eigenvalue weighted by Crippen LogP contribution is 2.16. The molecule has 0 spiro atoms. The number of hydrogen-bond acceptors (Lipinski definition) is 2. The molecule has 2 nitrogen and oxygen atoms in total. The highest BCUT2D eigenvalue weighted by Gasteiger charge is 1.93. The maximum Gasteiger partial charge on any atom is 0.0928 e. The molecular weight excluding hydrogens is 203 g/mol. The van der Waals surface area contributed by atoms with Crippen LogP contribution in [0.5, 0.6) is 0 Å². The average Bonchev–Trinajstić information content (AvgIpc) is 2.29. The number of nitrogens with zero attached hydrogens (tertiary/aromatic N) is 2. The topological polar surface area (TPSA) is 24.7 Å². The molecule has 0 fully saturated rings. The van der Waals surface area contributed by atoms with E-state index >= 15 is 0 Å². The SMILES string of the molecule is Pc1ccccc1N=Nc1ccccc1. The number of benzene rings is 2. The summed E-state index contributed by atoms with van der Waals surface area (Å²) in [6, 6.07) is 17.6. The van der Waals surface area contributed by atoms with Crippen LogP contribution in [0.3, 0.4) is 0 Å². The van der Waals surface area contributed by atoms with Gasteiger partial charge in [-0.3, -0.25) is 0 Å². The van der Waals surface area contributed by atoms with Crippen LogP contribution < -0.4 is 5.30 Å². The summed E-state index contributed by atoms with van der Waals surface area (Å²) in [5.41, 5.74) is 1.75. The van der Waals surface area contributed by atoms with Crippen LogP contribution in [0.4, 0.5) is 11.4 Å². The van der Waals surface area contributed by atoms with Crippen LogP contribution in [0, 0.1) is 0 Å². The normalized spacial score (nSPS) is 10.7. The van der Waals surface area contributed by atoms with E-state index in [-0.39, 0.29) is 0 Å². The van der Waals surface area contributed by atoms with Crippen LogP contribution in [-0.2, 0) is 0 Å². The third-order valence-electron chi connectivity index (χ3n) is 1.97. The Balaban J connectivity index is 2.23. The Bertz CT molecular complexity index is 466. The molecule has 74 valence electrons. The van der Waals surface area contributed by atoms with Crippen molar-refractivity contribution >= 4 is 25.9 Å². The van der Waals surface area contributed by atoms with Gasteiger partial charge >= 0.3 is 0 Å². The second kappa shape index (κ2) is 4.81. The molecule has 0 radical (unpaired) electrons. The molecule has 2 rings (SSSR count). The molecule has 0 amide bonds. The molecule has 0 heterocycles. The van der Waals surface area contributed by atoms with E-state index in [9.17, 15) is 0 Å². The van der Waals surface area contributed by atoms with E-state index in [2.05, 4.69) is 19.5 Å². The van der Waals surface area contributed by atoms with Gasteiger partial charge in [0, 0.05) is 0 Å². The minimum atomic E-state index is 0.866. The van der Waals surface area contributed by atoms with Crippen LogP contribution in [0.25, 0.3) is 0 Å². The van der Waals surface area contributed by atoms with E-state index in [1.54, 1.807) is 0 Å². The maximum atomic E-state index is 4.18. The summed E-state index contributed by atoms with van der Waals surface area (Å²) in [6.07, 6.45) is 0. The van der Waals surface area contributed by atoms with E-state index in [4.69, 9.17) is 0 Å². The van der Waals surface area contributed by atoms with Crippen LogP contribution in [0.2, 0.25) is 0 Å². The Morgan fingerprint density at radius 2 is 1.40 bits per heavy atom. The molecule has 2 aromatic rings. The van der Waals surface area contributed by atoms with Crippen molar-refractivity contribution in [2.75, 3.05) is 0 Å². The van der Waals surface area contributed by atoms with E-state index in [0.29, 0.717) is 0 Å². The lowest BCUT2D eigenvalue weighted by atomic mass is 10.3. The van der Waals surface area contributed by atoms with Crippen molar-refractivity contribution in [3.8, 4) is 0 Å². The summed E-state index contributed by atoms with van der Waals surface area (Å²) in [6.45, 7) is 0. The van der Waals surface area contributed by atoms with Gasteiger partial charge < -0.3 is 0 Å². The molecule has 0 aliphatic carbocycles. The summed E-state index contributed by atoms with van der Waals surface area (Å²) in [5, 5.41) is 9.38. The summed E-state index contributed by atoms with van der Waals surface area (Å²) < 4.78 is 0. The van der Waals surface area contributed by atoms with Gasteiger partial charge in [-0.15, -0.1) is 14.4 Å². The molecule has 0 saturated carbocycles. The molecule has 2 aromatic carbocycles. The Kier molecular flexibility index (Phi) is 3.21. The largest absolute Gasteiger partial charge is 0.151 e. The monoisotopic (exact) mass is 214 g/mol. The van der Waals surface area contributed by atoms with Gasteiger partial charge in [0.15, 0.2) is 0 Å². The van der Waals surface area contributed by atoms with Crippen molar-refractivity contribution in [3.63, 3.8) is 0 Å². The number of azo groups is 1. The third kappa shape index (κ3) is 2.71. The summed E-state index contributed by atoms with van der Waals surface area (Å²) >= 11 is 0. The van der Waals surface area contributed by atoms with Gasteiger partial charge in [-0.1, -0.05) is 36.4 Å². The van der Waals surface area contributed by atoms with Gasteiger partial charge in [-0.05, 0) is 23.5 Å². The zero-order valence-corrected chi connectivity index (χ0v) is 9.32. The Morgan fingerprint density at radius 1 is 0.733 bits per heavy atom. The molecule has 0 aliphatic heterocycles. The fourth-order valence-electron chi connectivity index (χ4n) is 1.18. The van der Waals surface area contributed by atoms with E-state index in [1.165, 1.54) is 0 Å². The molecule has 0 aromatic heterocycles. The van der Waals surface area contributed by atoms with Gasteiger partial charge in [0.05, 0.1) is 11.4 Å². The van der Waals surface area contributed by atoms with Crippen molar-refractivity contribution in [2.24, 2.45) is 10.2 Å². The lowest BCUT2D eigenvalue weighted by Gasteiger charge is -1.96. The van der Waals surface area contributed by atoms with Gasteiger partial charge in [-0.2, -0.15) is 5.11 Å². The highest BCUT2D eigenvalue weighted by atomic mass is 31.0. The van der Waals surface area contributed by atoms with Gasteiger partial charge in [-0.25, -0.2) is 0 Å². The first-order valence-electron chi connectivity index (χ1n) is 4.67. The minimum Gasteiger partial charge on any atom is -0.151 e. The third-order valence-corrected chi connectivity index (χ3v) is 2.45. The number of hydrogen-bond donors (Lipinski definition) is 0. The van der Waals surface area contributed by atoms with Gasteiger partial charge in [0.2, 0.25) is 0 Å². The van der Waals surface area contributed by atoms with Crippen molar-refractivity contribution < 1.29 is 0 Å². The first kappa shape index (κ1) is 10.0. The molecule has 0 N–H and O–H groups in total. The van der Waals surface area contributed by atoms with Crippen molar-refractivity contribution in [1.29, 1.82) is 0 Å². The minimum absolute atomic E-state index is 0.866. The molecule has 15 heavy (non-hydrogen) atoms. The second-order valence-electron chi connectivity index (χ2n) is 3.09. The Hall–Kier alpha value is -1.53. The summed E-state index contributed by atoms with van der Waals surface area (Å²) in [7, 11) is 2.64. The highest BCUT2D eigenvalue weighted by molar-refractivity contribution is 7.28. The predicted molar refractivity (Wildman–Crippen MR) is 66.4 cm³/mol. The molecule has 0 bridgehead atoms. The smallest absolute Gasteiger partial charge is 0.0928 e. The predicted octanol–water partition coefficient (Wildman–Crippen LogP) is 3.60. The second-order valence-corrected chi connectivity index (χ2v) is 3.72. The van der Waals surface area contributed by atoms with Crippen LogP contribution in [0.15, 0.2) is 64.8 Å². The lowest BCUT2D eigenvalue weighted by Crippen LogP contribution is -1.87. The number of rotatable bonds is 2. The van der Waals surface area contributed by atoms with Crippen molar-refractivity contribution in [2.45, 2.75) is 0 Å². The zero-order chi connectivity index (χ0) is 10.5. The van der Waals surface area contributed by atoms with E-state index < -0.39 is 0 Å². The maximum absolute atomic E-state index is 4.18. The molecule has 1 atom stereocenters. The molecule has 1 unspecified atom stereocenters. The van der Waals surface area contributed by atoms with Gasteiger partial charge in [0.25, 0.3) is 0 Å². The molecular formula is C12H11N2P. The average molecular weight is 214 g/mol. The quantitative estimate of drug-likeness (QED) is 0.539. The Labute approximate surface area is 91.3 Å². The first-order valence-corrected chi connectivity index (χ1v) is 5.25. The summed E-state index contributed by atoms with van der Waals surface area (Å²) in [5.74, 6) is 0. The van der Waals surface area contributed by atoms with Crippen LogP contribution in [-0.4, -0.2) is 0 Å². The van der Waals surface area contributed by atoms with Crippen molar-refractivity contribution in [3.05, 3.63) is 54.6 Å². The van der Waals surface area contributed by atoms with E-state index in [1.807, 2.05) is 54.6 Å². The lowest BCUT2D eigenvalue weighted by molar-refractivity contribution is 1.24. The zero-order valence-electron chi connectivity index (χ0n) is 8.17. The van der Waals surface area contributed by atoms with Crippen LogP contribution >= 0.6 is 9.24 Å². The molecule has 0 aliphatic rings. The van der Waals surface area contributed by atoms with Gasteiger partial charge in [0.1, 0.15) is 0 Å². The Morgan fingerprint density at radius 3 is 2.13 bits per heavy atom. The summed E-state index contributed by atoms with van der Waals surface area (Å²) in [4.78, 5) is 0. The van der Waals surface area contributed by atoms with Crippen molar-refractivity contribution in [1.82, 2.24) is 0 Å². The fraction of sp³-hybridized carbons (Fsp3) is 0.